The SMILES string of the molecule is CC(C)(C)C(=O)N1CCCN(c2ncnc3sccc23)CC1. The predicted octanol–water partition coefficient (Wildman–Crippen LogP) is 2.78. The molecule has 118 valence electrons. The topological polar surface area (TPSA) is 49.3 Å². The molecule has 1 saturated heterocycles. The lowest BCUT2D eigenvalue weighted by Crippen LogP contribution is -2.41. The van der Waals surface area contributed by atoms with Gasteiger partial charge in [0, 0.05) is 31.6 Å². The van der Waals surface area contributed by atoms with Gasteiger partial charge in [0.25, 0.3) is 0 Å². The highest BCUT2D eigenvalue weighted by atomic mass is 32.1. The Kier molecular flexibility index (Phi) is 4.04. The first-order chi connectivity index (χ1) is 10.5. The summed E-state index contributed by atoms with van der Waals surface area (Å²) < 4.78 is 0. The maximum Gasteiger partial charge on any atom is 0.228 e. The summed E-state index contributed by atoms with van der Waals surface area (Å²) in [4.78, 5) is 26.6. The molecular formula is C16H22N4OS. The molecule has 0 N–H and O–H groups in total. The van der Waals surface area contributed by atoms with Crippen molar-refractivity contribution in [2.75, 3.05) is 31.1 Å². The standard InChI is InChI=1S/C16H22N4OS/c1-16(2,3)15(21)20-7-4-6-19(8-9-20)13-12-5-10-22-14(12)18-11-17-13/h5,10-11H,4,6-9H2,1-3H3. The second kappa shape index (κ2) is 5.83. The first-order valence-corrected chi connectivity index (χ1v) is 8.57. The highest BCUT2D eigenvalue weighted by Crippen LogP contribution is 2.27. The van der Waals surface area contributed by atoms with Gasteiger partial charge in [-0.2, -0.15) is 0 Å². The van der Waals surface area contributed by atoms with E-state index in [2.05, 4.69) is 26.3 Å². The van der Waals surface area contributed by atoms with Gasteiger partial charge < -0.3 is 9.80 Å². The molecule has 1 fully saturated rings. The smallest absolute Gasteiger partial charge is 0.228 e. The summed E-state index contributed by atoms with van der Waals surface area (Å²) >= 11 is 1.64. The normalized spacial score (nSPS) is 16.9. The van der Waals surface area contributed by atoms with Gasteiger partial charge in [0.05, 0.1) is 5.39 Å². The second-order valence-electron chi connectivity index (χ2n) is 6.72. The van der Waals surface area contributed by atoms with Crippen LogP contribution in [0.5, 0.6) is 0 Å². The van der Waals surface area contributed by atoms with Crippen molar-refractivity contribution < 1.29 is 4.79 Å². The summed E-state index contributed by atoms with van der Waals surface area (Å²) in [6, 6.07) is 2.08. The second-order valence-corrected chi connectivity index (χ2v) is 7.61. The average Bonchev–Trinajstić information content (AvgIpc) is 2.82. The van der Waals surface area contributed by atoms with Gasteiger partial charge in [-0.25, -0.2) is 9.97 Å². The van der Waals surface area contributed by atoms with Crippen LogP contribution in [0, 0.1) is 5.41 Å². The summed E-state index contributed by atoms with van der Waals surface area (Å²) in [6.45, 7) is 9.28. The van der Waals surface area contributed by atoms with Crippen molar-refractivity contribution in [3.05, 3.63) is 17.8 Å². The van der Waals surface area contributed by atoms with E-state index in [1.54, 1.807) is 17.7 Å². The van der Waals surface area contributed by atoms with Crippen molar-refractivity contribution in [3.8, 4) is 0 Å². The minimum Gasteiger partial charge on any atom is -0.354 e. The fourth-order valence-electron chi connectivity index (χ4n) is 2.84. The minimum absolute atomic E-state index is 0.234. The van der Waals surface area contributed by atoms with Crippen LogP contribution < -0.4 is 4.90 Å². The van der Waals surface area contributed by atoms with E-state index >= 15 is 0 Å². The predicted molar refractivity (Wildman–Crippen MR) is 90.3 cm³/mol. The fourth-order valence-corrected chi connectivity index (χ4v) is 3.56. The molecule has 1 amide bonds. The monoisotopic (exact) mass is 318 g/mol. The molecule has 0 atom stereocenters. The third kappa shape index (κ3) is 2.92. The zero-order chi connectivity index (χ0) is 15.7. The number of fused-ring (bicyclic) bond motifs is 1. The molecule has 3 rings (SSSR count). The first kappa shape index (κ1) is 15.2. The van der Waals surface area contributed by atoms with Crippen LogP contribution in [0.3, 0.4) is 0 Å². The molecule has 6 heteroatoms. The molecule has 2 aromatic rings. The molecule has 0 saturated carbocycles. The minimum atomic E-state index is -0.315. The van der Waals surface area contributed by atoms with E-state index in [-0.39, 0.29) is 11.3 Å². The van der Waals surface area contributed by atoms with Crippen molar-refractivity contribution in [1.29, 1.82) is 0 Å². The summed E-state index contributed by atoms with van der Waals surface area (Å²) in [7, 11) is 0. The third-order valence-electron chi connectivity index (χ3n) is 3.96. The lowest BCUT2D eigenvalue weighted by atomic mass is 9.94. The van der Waals surface area contributed by atoms with Crippen molar-refractivity contribution >= 4 is 33.3 Å². The van der Waals surface area contributed by atoms with Gasteiger partial charge in [0.1, 0.15) is 17.0 Å². The van der Waals surface area contributed by atoms with E-state index < -0.39 is 0 Å². The Labute approximate surface area is 135 Å². The Morgan fingerprint density at radius 3 is 2.77 bits per heavy atom. The number of rotatable bonds is 1. The van der Waals surface area contributed by atoms with Crippen molar-refractivity contribution in [2.45, 2.75) is 27.2 Å². The van der Waals surface area contributed by atoms with E-state index in [9.17, 15) is 4.79 Å². The molecular weight excluding hydrogens is 296 g/mol. The Bertz CT molecular complexity index is 676. The molecule has 0 aliphatic carbocycles. The van der Waals surface area contributed by atoms with E-state index in [1.165, 1.54) is 0 Å². The molecule has 22 heavy (non-hydrogen) atoms. The number of aromatic nitrogens is 2. The Balaban J connectivity index is 1.78. The summed E-state index contributed by atoms with van der Waals surface area (Å²) in [5.41, 5.74) is -0.315. The molecule has 0 bridgehead atoms. The van der Waals surface area contributed by atoms with Gasteiger partial charge >= 0.3 is 0 Å². The van der Waals surface area contributed by atoms with Gasteiger partial charge in [0.15, 0.2) is 0 Å². The number of nitrogens with zero attached hydrogens (tertiary/aromatic N) is 4. The summed E-state index contributed by atoms with van der Waals surface area (Å²) in [6.07, 6.45) is 2.61. The van der Waals surface area contributed by atoms with Crippen molar-refractivity contribution in [1.82, 2.24) is 14.9 Å². The fraction of sp³-hybridized carbons (Fsp3) is 0.562. The Hall–Kier alpha value is -1.69. The molecule has 5 nitrogen and oxygen atoms in total. The van der Waals surface area contributed by atoms with E-state index in [0.29, 0.717) is 0 Å². The van der Waals surface area contributed by atoms with E-state index in [4.69, 9.17) is 0 Å². The Morgan fingerprint density at radius 1 is 1.18 bits per heavy atom. The third-order valence-corrected chi connectivity index (χ3v) is 4.79. The summed E-state index contributed by atoms with van der Waals surface area (Å²) in [5, 5.41) is 3.17. The lowest BCUT2D eigenvalue weighted by Gasteiger charge is -2.28. The molecule has 0 spiro atoms. The zero-order valence-electron chi connectivity index (χ0n) is 13.4. The maximum absolute atomic E-state index is 12.5. The highest BCUT2D eigenvalue weighted by Gasteiger charge is 2.29. The van der Waals surface area contributed by atoms with Gasteiger partial charge in [-0.3, -0.25) is 4.79 Å². The summed E-state index contributed by atoms with van der Waals surface area (Å²) in [5.74, 6) is 1.23. The number of hydrogen-bond acceptors (Lipinski definition) is 5. The highest BCUT2D eigenvalue weighted by molar-refractivity contribution is 7.16. The van der Waals surface area contributed by atoms with Crippen LogP contribution in [0.4, 0.5) is 5.82 Å². The Morgan fingerprint density at radius 2 is 2.00 bits per heavy atom. The number of hydrogen-bond donors (Lipinski definition) is 0. The number of amides is 1. The van der Waals surface area contributed by atoms with Crippen LogP contribution in [-0.4, -0.2) is 47.0 Å². The molecule has 1 aliphatic heterocycles. The zero-order valence-corrected chi connectivity index (χ0v) is 14.2. The van der Waals surface area contributed by atoms with E-state index in [0.717, 1.165) is 48.6 Å². The number of thiophene rings is 1. The molecule has 0 radical (unpaired) electrons. The molecule has 0 aromatic carbocycles. The lowest BCUT2D eigenvalue weighted by molar-refractivity contribution is -0.139. The van der Waals surface area contributed by atoms with Crippen LogP contribution in [-0.2, 0) is 4.79 Å². The van der Waals surface area contributed by atoms with Crippen LogP contribution in [0.1, 0.15) is 27.2 Å². The van der Waals surface area contributed by atoms with Crippen LogP contribution in [0.25, 0.3) is 10.2 Å². The van der Waals surface area contributed by atoms with Crippen LogP contribution in [0.2, 0.25) is 0 Å². The number of carbonyl (C=O) groups excluding carboxylic acids is 1. The van der Waals surface area contributed by atoms with Gasteiger partial charge in [0.2, 0.25) is 5.91 Å². The first-order valence-electron chi connectivity index (χ1n) is 7.69. The molecule has 1 aliphatic rings. The quantitative estimate of drug-likeness (QED) is 0.811. The molecule has 0 unspecified atom stereocenters. The number of anilines is 1. The van der Waals surface area contributed by atoms with Crippen LogP contribution in [0.15, 0.2) is 17.8 Å². The average molecular weight is 318 g/mol. The van der Waals surface area contributed by atoms with Crippen LogP contribution >= 0.6 is 11.3 Å². The molecule has 3 heterocycles. The number of carbonyl (C=O) groups is 1. The van der Waals surface area contributed by atoms with Gasteiger partial charge in [-0.15, -0.1) is 11.3 Å². The van der Waals surface area contributed by atoms with E-state index in [1.807, 2.05) is 25.7 Å². The molecule has 2 aromatic heterocycles. The largest absolute Gasteiger partial charge is 0.354 e. The van der Waals surface area contributed by atoms with Gasteiger partial charge in [-0.05, 0) is 17.9 Å². The van der Waals surface area contributed by atoms with Gasteiger partial charge in [-0.1, -0.05) is 20.8 Å². The maximum atomic E-state index is 12.5. The van der Waals surface area contributed by atoms with Crippen molar-refractivity contribution in [3.63, 3.8) is 0 Å². The van der Waals surface area contributed by atoms with Crippen molar-refractivity contribution in [2.24, 2.45) is 5.41 Å².